The predicted octanol–water partition coefficient (Wildman–Crippen LogP) is 3.61. The van der Waals surface area contributed by atoms with Gasteiger partial charge in [0.1, 0.15) is 5.69 Å². The molecule has 0 aliphatic rings. The van der Waals surface area contributed by atoms with E-state index in [1.807, 2.05) is 6.92 Å². The fourth-order valence-electron chi connectivity index (χ4n) is 1.91. The number of alkyl halides is 3. The van der Waals surface area contributed by atoms with Gasteiger partial charge in [-0.3, -0.25) is 4.98 Å². The Balaban J connectivity index is 2.70. The molecule has 2 aromatic heterocycles. The zero-order valence-electron chi connectivity index (χ0n) is 11.9. The van der Waals surface area contributed by atoms with Crippen LogP contribution in [0.15, 0.2) is 18.5 Å². The molecule has 0 aliphatic heterocycles. The van der Waals surface area contributed by atoms with Crippen LogP contribution in [0.4, 0.5) is 19.0 Å². The first-order valence-electron chi connectivity index (χ1n) is 6.45. The third-order valence-electron chi connectivity index (χ3n) is 3.03. The quantitative estimate of drug-likeness (QED) is 0.940. The van der Waals surface area contributed by atoms with Crippen molar-refractivity contribution in [3.8, 4) is 11.3 Å². The van der Waals surface area contributed by atoms with E-state index in [1.165, 1.54) is 6.20 Å². The van der Waals surface area contributed by atoms with E-state index in [2.05, 4.69) is 20.3 Å². The molecule has 21 heavy (non-hydrogen) atoms. The minimum Gasteiger partial charge on any atom is -0.369 e. The topological polar surface area (TPSA) is 50.7 Å². The summed E-state index contributed by atoms with van der Waals surface area (Å²) < 4.78 is 39.4. The first-order chi connectivity index (χ1) is 9.84. The van der Waals surface area contributed by atoms with Gasteiger partial charge in [-0.1, -0.05) is 0 Å². The van der Waals surface area contributed by atoms with Gasteiger partial charge in [-0.05, 0) is 26.8 Å². The molecule has 0 fully saturated rings. The Labute approximate surface area is 120 Å². The molecule has 2 heterocycles. The van der Waals surface area contributed by atoms with Crippen molar-refractivity contribution < 1.29 is 13.2 Å². The Morgan fingerprint density at radius 2 is 1.81 bits per heavy atom. The Bertz CT molecular complexity index is 653. The van der Waals surface area contributed by atoms with Gasteiger partial charge in [0.05, 0.1) is 17.0 Å². The molecular formula is C14H15F3N4. The Hall–Kier alpha value is -2.18. The molecule has 0 aromatic carbocycles. The largest absolute Gasteiger partial charge is 0.417 e. The molecule has 0 unspecified atom stereocenters. The zero-order chi connectivity index (χ0) is 15.6. The van der Waals surface area contributed by atoms with Gasteiger partial charge >= 0.3 is 6.18 Å². The molecule has 0 bridgehead atoms. The van der Waals surface area contributed by atoms with Crippen LogP contribution in [0.25, 0.3) is 11.3 Å². The minimum absolute atomic E-state index is 0.0726. The van der Waals surface area contributed by atoms with Crippen molar-refractivity contribution in [3.63, 3.8) is 0 Å². The van der Waals surface area contributed by atoms with Crippen LogP contribution in [0, 0.1) is 13.8 Å². The number of anilines is 1. The normalized spacial score (nSPS) is 11.5. The zero-order valence-corrected chi connectivity index (χ0v) is 11.9. The summed E-state index contributed by atoms with van der Waals surface area (Å²) in [5.74, 6) is 0.333. The summed E-state index contributed by atoms with van der Waals surface area (Å²) in [5.41, 5.74) is 0.585. The van der Waals surface area contributed by atoms with Crippen LogP contribution in [-0.2, 0) is 6.18 Å². The molecule has 2 rings (SSSR count). The molecule has 4 nitrogen and oxygen atoms in total. The van der Waals surface area contributed by atoms with Gasteiger partial charge < -0.3 is 5.32 Å². The molecule has 0 saturated heterocycles. The molecule has 0 saturated carbocycles. The molecule has 0 amide bonds. The predicted molar refractivity (Wildman–Crippen MR) is 73.9 cm³/mol. The molecule has 0 atom stereocenters. The van der Waals surface area contributed by atoms with Gasteiger partial charge in [0.15, 0.2) is 5.82 Å². The lowest BCUT2D eigenvalue weighted by atomic mass is 10.1. The highest BCUT2D eigenvalue weighted by Crippen LogP contribution is 2.37. The maximum Gasteiger partial charge on any atom is 0.417 e. The molecule has 0 aliphatic carbocycles. The standard InChI is InChI=1S/C14H15F3N4/c1-4-19-13-12(20-8(2)9(3)21-13)10-7-18-6-5-11(10)14(15,16)17/h5-7H,4H2,1-3H3,(H,19,21). The highest BCUT2D eigenvalue weighted by atomic mass is 19.4. The molecular weight excluding hydrogens is 281 g/mol. The van der Waals surface area contributed by atoms with E-state index in [4.69, 9.17) is 0 Å². The van der Waals surface area contributed by atoms with Crippen molar-refractivity contribution in [1.82, 2.24) is 15.0 Å². The van der Waals surface area contributed by atoms with Crippen molar-refractivity contribution in [2.24, 2.45) is 0 Å². The molecule has 2 aromatic rings. The second-order valence-corrected chi connectivity index (χ2v) is 4.54. The Morgan fingerprint density at radius 1 is 1.14 bits per heavy atom. The van der Waals surface area contributed by atoms with Gasteiger partial charge in [0.25, 0.3) is 0 Å². The van der Waals surface area contributed by atoms with Crippen molar-refractivity contribution in [1.29, 1.82) is 0 Å². The third-order valence-corrected chi connectivity index (χ3v) is 3.03. The fraction of sp³-hybridized carbons (Fsp3) is 0.357. The number of nitrogens with one attached hydrogen (secondary N) is 1. The second-order valence-electron chi connectivity index (χ2n) is 4.54. The highest BCUT2D eigenvalue weighted by molar-refractivity contribution is 5.74. The summed E-state index contributed by atoms with van der Waals surface area (Å²) in [6.45, 7) is 5.85. The highest BCUT2D eigenvalue weighted by Gasteiger charge is 2.34. The number of aromatic nitrogens is 3. The molecule has 1 N–H and O–H groups in total. The van der Waals surface area contributed by atoms with Crippen LogP contribution in [0.1, 0.15) is 23.9 Å². The second kappa shape index (κ2) is 5.67. The number of aryl methyl sites for hydroxylation is 2. The average molecular weight is 296 g/mol. The van der Waals surface area contributed by atoms with E-state index in [0.717, 1.165) is 12.3 Å². The number of nitrogens with zero attached hydrogens (tertiary/aromatic N) is 3. The summed E-state index contributed by atoms with van der Waals surface area (Å²) >= 11 is 0. The lowest BCUT2D eigenvalue weighted by molar-refractivity contribution is -0.137. The Morgan fingerprint density at radius 3 is 2.43 bits per heavy atom. The summed E-state index contributed by atoms with van der Waals surface area (Å²) in [6, 6.07) is 0.946. The van der Waals surface area contributed by atoms with Crippen LogP contribution < -0.4 is 5.32 Å². The van der Waals surface area contributed by atoms with Crippen LogP contribution in [-0.4, -0.2) is 21.5 Å². The lowest BCUT2D eigenvalue weighted by Crippen LogP contribution is -2.11. The smallest absolute Gasteiger partial charge is 0.369 e. The SMILES string of the molecule is CCNc1nc(C)c(C)nc1-c1cnccc1C(F)(F)F. The van der Waals surface area contributed by atoms with E-state index in [-0.39, 0.29) is 11.3 Å². The first-order valence-corrected chi connectivity index (χ1v) is 6.45. The number of halogens is 3. The van der Waals surface area contributed by atoms with Crippen molar-refractivity contribution in [3.05, 3.63) is 35.4 Å². The number of pyridine rings is 1. The van der Waals surface area contributed by atoms with Gasteiger partial charge in [0, 0.05) is 24.5 Å². The molecule has 0 spiro atoms. The first kappa shape index (κ1) is 15.2. The maximum atomic E-state index is 13.1. The van der Waals surface area contributed by atoms with Gasteiger partial charge in [-0.15, -0.1) is 0 Å². The van der Waals surface area contributed by atoms with Crippen molar-refractivity contribution in [2.45, 2.75) is 26.9 Å². The lowest BCUT2D eigenvalue weighted by Gasteiger charge is -2.15. The van der Waals surface area contributed by atoms with Gasteiger partial charge in [0.2, 0.25) is 0 Å². The summed E-state index contributed by atoms with van der Waals surface area (Å²) in [4.78, 5) is 12.4. The molecule has 0 radical (unpaired) electrons. The van der Waals surface area contributed by atoms with Gasteiger partial charge in [-0.2, -0.15) is 13.2 Å². The van der Waals surface area contributed by atoms with Gasteiger partial charge in [-0.25, -0.2) is 9.97 Å². The van der Waals surface area contributed by atoms with E-state index < -0.39 is 11.7 Å². The van der Waals surface area contributed by atoms with E-state index in [9.17, 15) is 13.2 Å². The van der Waals surface area contributed by atoms with E-state index in [0.29, 0.717) is 23.8 Å². The number of hydrogen-bond donors (Lipinski definition) is 1. The average Bonchev–Trinajstić information content (AvgIpc) is 2.42. The monoisotopic (exact) mass is 296 g/mol. The molecule has 7 heteroatoms. The fourth-order valence-corrected chi connectivity index (χ4v) is 1.91. The number of rotatable bonds is 3. The van der Waals surface area contributed by atoms with Crippen LogP contribution in [0.2, 0.25) is 0 Å². The van der Waals surface area contributed by atoms with E-state index >= 15 is 0 Å². The van der Waals surface area contributed by atoms with Crippen LogP contribution in [0.5, 0.6) is 0 Å². The van der Waals surface area contributed by atoms with Crippen LogP contribution >= 0.6 is 0 Å². The Kier molecular flexibility index (Phi) is 4.11. The summed E-state index contributed by atoms with van der Waals surface area (Å²) in [5, 5.41) is 2.95. The minimum atomic E-state index is -4.47. The number of hydrogen-bond acceptors (Lipinski definition) is 4. The maximum absolute atomic E-state index is 13.1. The van der Waals surface area contributed by atoms with Crippen LogP contribution in [0.3, 0.4) is 0 Å². The van der Waals surface area contributed by atoms with E-state index in [1.54, 1.807) is 13.8 Å². The third kappa shape index (κ3) is 3.12. The summed E-state index contributed by atoms with van der Waals surface area (Å²) in [6.07, 6.45) is -2.18. The molecule has 112 valence electrons. The van der Waals surface area contributed by atoms with Crippen molar-refractivity contribution >= 4 is 5.82 Å². The van der Waals surface area contributed by atoms with Crippen molar-refractivity contribution in [2.75, 3.05) is 11.9 Å². The summed E-state index contributed by atoms with van der Waals surface area (Å²) in [7, 11) is 0.